The number of carboxylic acid groups (broad SMARTS) is 1. The Labute approximate surface area is 119 Å². The minimum Gasteiger partial charge on any atom is -0.508 e. The summed E-state index contributed by atoms with van der Waals surface area (Å²) in [6.45, 7) is 0. The van der Waals surface area contributed by atoms with Gasteiger partial charge in [-0.05, 0) is 36.4 Å². The predicted molar refractivity (Wildman–Crippen MR) is 77.5 cm³/mol. The van der Waals surface area contributed by atoms with E-state index < -0.39 is 5.97 Å². The maximum atomic E-state index is 11.4. The van der Waals surface area contributed by atoms with E-state index in [1.807, 2.05) is 0 Å². The highest BCUT2D eigenvalue weighted by atomic mass is 16.4. The van der Waals surface area contributed by atoms with Gasteiger partial charge < -0.3 is 15.3 Å². The number of hydrogen-bond acceptors (Lipinski definition) is 4. The molecular formula is C16H11NO4. The number of aromatic nitrogens is 1. The molecule has 1 aromatic heterocycles. The molecule has 0 saturated heterocycles. The van der Waals surface area contributed by atoms with Crippen LogP contribution >= 0.6 is 0 Å². The van der Waals surface area contributed by atoms with Crippen molar-refractivity contribution in [3.8, 4) is 22.8 Å². The largest absolute Gasteiger partial charge is 0.508 e. The van der Waals surface area contributed by atoms with Crippen LogP contribution in [-0.2, 0) is 0 Å². The predicted octanol–water partition coefficient (Wildman–Crippen LogP) is 3.01. The van der Waals surface area contributed by atoms with Gasteiger partial charge in [0.2, 0.25) is 0 Å². The van der Waals surface area contributed by atoms with Crippen molar-refractivity contribution in [3.05, 3.63) is 54.1 Å². The van der Waals surface area contributed by atoms with E-state index in [1.165, 1.54) is 30.3 Å². The van der Waals surface area contributed by atoms with E-state index >= 15 is 0 Å². The van der Waals surface area contributed by atoms with Gasteiger partial charge in [0.1, 0.15) is 11.5 Å². The second kappa shape index (κ2) is 4.79. The topological polar surface area (TPSA) is 90.7 Å². The van der Waals surface area contributed by atoms with Crippen LogP contribution < -0.4 is 0 Å². The van der Waals surface area contributed by atoms with Crippen molar-refractivity contribution in [2.45, 2.75) is 0 Å². The lowest BCUT2D eigenvalue weighted by Gasteiger charge is -2.08. The average molecular weight is 281 g/mol. The molecular weight excluding hydrogens is 270 g/mol. The van der Waals surface area contributed by atoms with Gasteiger partial charge in [-0.15, -0.1) is 0 Å². The Kier molecular flexibility index (Phi) is 2.95. The molecule has 0 saturated carbocycles. The Bertz CT molecular complexity index is 858. The second-order valence-corrected chi connectivity index (χ2v) is 4.61. The molecule has 0 fully saturated rings. The molecule has 5 nitrogen and oxygen atoms in total. The Morgan fingerprint density at radius 1 is 0.952 bits per heavy atom. The number of hydrogen-bond donors (Lipinski definition) is 3. The lowest BCUT2D eigenvalue weighted by Crippen LogP contribution is -2.00. The third-order valence-corrected chi connectivity index (χ3v) is 3.16. The third-order valence-electron chi connectivity index (χ3n) is 3.16. The number of nitrogens with zero attached hydrogens (tertiary/aromatic N) is 1. The maximum absolute atomic E-state index is 11.4. The smallest absolute Gasteiger partial charge is 0.336 e. The summed E-state index contributed by atoms with van der Waals surface area (Å²) in [5, 5.41) is 28.7. The van der Waals surface area contributed by atoms with E-state index in [4.69, 9.17) is 0 Å². The van der Waals surface area contributed by atoms with Gasteiger partial charge in [-0.25, -0.2) is 9.78 Å². The summed E-state index contributed by atoms with van der Waals surface area (Å²) in [4.78, 5) is 15.8. The molecule has 21 heavy (non-hydrogen) atoms. The van der Waals surface area contributed by atoms with E-state index in [0.717, 1.165) is 0 Å². The fourth-order valence-corrected chi connectivity index (χ4v) is 2.20. The Morgan fingerprint density at radius 2 is 1.71 bits per heavy atom. The number of aromatic carboxylic acids is 1. The highest BCUT2D eigenvalue weighted by molar-refractivity contribution is 6.04. The summed E-state index contributed by atoms with van der Waals surface area (Å²) in [6, 6.07) is 12.3. The van der Waals surface area contributed by atoms with Crippen molar-refractivity contribution in [1.29, 1.82) is 0 Å². The fourth-order valence-electron chi connectivity index (χ4n) is 2.20. The summed E-state index contributed by atoms with van der Waals surface area (Å²) in [7, 11) is 0. The molecule has 0 atom stereocenters. The SMILES string of the molecule is O=C(O)c1cc(-c2cccc(O)c2)nc2ccc(O)cc12. The van der Waals surface area contributed by atoms with Gasteiger partial charge in [-0.2, -0.15) is 0 Å². The van der Waals surface area contributed by atoms with Crippen molar-refractivity contribution in [3.63, 3.8) is 0 Å². The van der Waals surface area contributed by atoms with Crippen LogP contribution in [0.25, 0.3) is 22.2 Å². The van der Waals surface area contributed by atoms with E-state index in [0.29, 0.717) is 22.2 Å². The number of rotatable bonds is 2. The van der Waals surface area contributed by atoms with Crippen LogP contribution in [0.15, 0.2) is 48.5 Å². The first-order valence-electron chi connectivity index (χ1n) is 6.21. The van der Waals surface area contributed by atoms with Crippen LogP contribution in [0.5, 0.6) is 11.5 Å². The lowest BCUT2D eigenvalue weighted by atomic mass is 10.0. The molecule has 0 amide bonds. The van der Waals surface area contributed by atoms with Crippen LogP contribution in [0.1, 0.15) is 10.4 Å². The van der Waals surface area contributed by atoms with Gasteiger partial charge in [0.25, 0.3) is 0 Å². The summed E-state index contributed by atoms with van der Waals surface area (Å²) in [5.74, 6) is -1.04. The van der Waals surface area contributed by atoms with Crippen molar-refractivity contribution in [2.75, 3.05) is 0 Å². The minimum atomic E-state index is -1.10. The molecule has 0 aliphatic rings. The zero-order valence-electron chi connectivity index (χ0n) is 10.8. The number of pyridine rings is 1. The monoisotopic (exact) mass is 281 g/mol. The maximum Gasteiger partial charge on any atom is 0.336 e. The van der Waals surface area contributed by atoms with Crippen LogP contribution in [0, 0.1) is 0 Å². The molecule has 3 rings (SSSR count). The Morgan fingerprint density at radius 3 is 2.43 bits per heavy atom. The lowest BCUT2D eigenvalue weighted by molar-refractivity contribution is 0.0699. The van der Waals surface area contributed by atoms with E-state index in [-0.39, 0.29) is 17.1 Å². The number of carboxylic acids is 1. The molecule has 0 radical (unpaired) electrons. The van der Waals surface area contributed by atoms with Crippen LogP contribution in [-0.4, -0.2) is 26.3 Å². The summed E-state index contributed by atoms with van der Waals surface area (Å²) < 4.78 is 0. The van der Waals surface area contributed by atoms with Gasteiger partial charge in [-0.3, -0.25) is 0 Å². The van der Waals surface area contributed by atoms with Crippen molar-refractivity contribution in [2.24, 2.45) is 0 Å². The van der Waals surface area contributed by atoms with Crippen LogP contribution in [0.4, 0.5) is 0 Å². The molecule has 2 aromatic carbocycles. The van der Waals surface area contributed by atoms with Crippen LogP contribution in [0.3, 0.4) is 0 Å². The van der Waals surface area contributed by atoms with Crippen molar-refractivity contribution >= 4 is 16.9 Å². The number of benzene rings is 2. The van der Waals surface area contributed by atoms with Crippen molar-refractivity contribution in [1.82, 2.24) is 4.98 Å². The van der Waals surface area contributed by atoms with E-state index in [2.05, 4.69) is 4.98 Å². The molecule has 5 heteroatoms. The Balaban J connectivity index is 2.31. The molecule has 3 aromatic rings. The zero-order valence-corrected chi connectivity index (χ0v) is 10.8. The molecule has 3 N–H and O–H groups in total. The summed E-state index contributed by atoms with van der Waals surface area (Å²) in [5.41, 5.74) is 1.58. The molecule has 0 bridgehead atoms. The van der Waals surface area contributed by atoms with Crippen LogP contribution in [0.2, 0.25) is 0 Å². The summed E-state index contributed by atoms with van der Waals surface area (Å²) >= 11 is 0. The highest BCUT2D eigenvalue weighted by Gasteiger charge is 2.13. The number of fused-ring (bicyclic) bond motifs is 1. The quantitative estimate of drug-likeness (QED) is 0.671. The minimum absolute atomic E-state index is 0.0168. The molecule has 0 spiro atoms. The number of aromatic hydroxyl groups is 2. The highest BCUT2D eigenvalue weighted by Crippen LogP contribution is 2.28. The van der Waals surface area contributed by atoms with Gasteiger partial charge in [0.05, 0.1) is 16.8 Å². The Hall–Kier alpha value is -3.08. The standard InChI is InChI=1S/C16H11NO4/c18-10-3-1-2-9(6-10)15-8-13(16(20)21)12-7-11(19)4-5-14(12)17-15/h1-8,18-19H,(H,20,21). The van der Waals surface area contributed by atoms with Gasteiger partial charge >= 0.3 is 5.97 Å². The first-order chi connectivity index (χ1) is 10.0. The molecule has 1 heterocycles. The first kappa shape index (κ1) is 12.9. The van der Waals surface area contributed by atoms with Gasteiger partial charge in [0, 0.05) is 10.9 Å². The van der Waals surface area contributed by atoms with Crippen molar-refractivity contribution < 1.29 is 20.1 Å². The van der Waals surface area contributed by atoms with Gasteiger partial charge in [0.15, 0.2) is 0 Å². The molecule has 0 aliphatic carbocycles. The van der Waals surface area contributed by atoms with Gasteiger partial charge in [-0.1, -0.05) is 12.1 Å². The second-order valence-electron chi connectivity index (χ2n) is 4.61. The number of carbonyl (C=O) groups is 1. The first-order valence-corrected chi connectivity index (χ1v) is 6.21. The average Bonchev–Trinajstić information content (AvgIpc) is 2.46. The summed E-state index contributed by atoms with van der Waals surface area (Å²) in [6.07, 6.45) is 0. The van der Waals surface area contributed by atoms with E-state index in [9.17, 15) is 20.1 Å². The number of phenols is 2. The number of phenolic OH excluding ortho intramolecular Hbond substituents is 2. The normalized spacial score (nSPS) is 10.7. The molecule has 0 unspecified atom stereocenters. The molecule has 104 valence electrons. The van der Waals surface area contributed by atoms with E-state index in [1.54, 1.807) is 18.2 Å². The third kappa shape index (κ3) is 2.36. The zero-order chi connectivity index (χ0) is 15.0. The molecule has 0 aliphatic heterocycles. The fraction of sp³-hybridized carbons (Fsp3) is 0.